The Hall–Kier alpha value is -2.76. The van der Waals surface area contributed by atoms with Crippen molar-refractivity contribution in [1.29, 1.82) is 0 Å². The minimum absolute atomic E-state index is 0.0243. The first-order valence-corrected chi connectivity index (χ1v) is 20.7. The Labute approximate surface area is 255 Å². The number of rotatable bonds is 2. The van der Waals surface area contributed by atoms with Crippen molar-refractivity contribution in [2.45, 2.75) is 76.2 Å². The van der Waals surface area contributed by atoms with E-state index in [2.05, 4.69) is 0 Å². The summed E-state index contributed by atoms with van der Waals surface area (Å²) in [6.45, 7) is 11.8. The first kappa shape index (κ1) is 31.2. The number of hydrogen-bond acceptors (Lipinski definition) is 1. The standard InChI is InChI=1S/C16H9F6O.2C10H13.Sb/c17-15(18,19)14(23,16(20,21)22)13(11-7-3-1-4-8-11)12-9-5-2-6-10-12;2*1-10(2,3)9-7-5-4-6-8-9;/h1-7,9,13H;2*4-5,7-8H,1-3H3;/q-1;;;+1. The zero-order valence-corrected chi connectivity index (χ0v) is 28.0. The number of alkyl halides is 6. The first-order chi connectivity index (χ1) is 20.3. The molecule has 4 aromatic carbocycles. The molecule has 0 radical (unpaired) electrons. The molecule has 0 unspecified atom stereocenters. The second kappa shape index (κ2) is 9.39. The molecule has 0 saturated heterocycles. The number of fused-ring (bicyclic) bond motifs is 1. The molecule has 0 aromatic heterocycles. The number of halogens is 6. The molecule has 0 atom stereocenters. The van der Waals surface area contributed by atoms with Gasteiger partial charge in [0.05, 0.1) is 0 Å². The molecule has 4 aromatic rings. The van der Waals surface area contributed by atoms with Gasteiger partial charge in [-0.1, -0.05) is 0 Å². The van der Waals surface area contributed by atoms with Gasteiger partial charge >= 0.3 is 257 Å². The van der Waals surface area contributed by atoms with Crippen LogP contribution in [0.3, 0.4) is 0 Å². The van der Waals surface area contributed by atoms with Crippen molar-refractivity contribution in [2.75, 3.05) is 0 Å². The van der Waals surface area contributed by atoms with Crippen molar-refractivity contribution >= 4 is 31.9 Å². The molecule has 44 heavy (non-hydrogen) atoms. The van der Waals surface area contributed by atoms with Crippen LogP contribution in [-0.2, 0) is 13.8 Å². The van der Waals surface area contributed by atoms with Crippen molar-refractivity contribution in [3.63, 3.8) is 0 Å². The third-order valence-electron chi connectivity index (χ3n) is 9.40. The molecule has 1 nitrogen and oxygen atoms in total. The summed E-state index contributed by atoms with van der Waals surface area (Å²) in [7, 11) is 0. The van der Waals surface area contributed by atoms with Crippen molar-refractivity contribution < 1.29 is 29.4 Å². The Morgan fingerprint density at radius 2 is 0.932 bits per heavy atom. The van der Waals surface area contributed by atoms with Gasteiger partial charge < -0.3 is 0 Å². The Morgan fingerprint density at radius 3 is 1.30 bits per heavy atom. The van der Waals surface area contributed by atoms with E-state index in [1.807, 2.05) is 65.8 Å². The van der Waals surface area contributed by atoms with Crippen molar-refractivity contribution in [2.24, 2.45) is 0 Å². The van der Waals surface area contributed by atoms with Crippen LogP contribution >= 0.6 is 0 Å². The molecule has 8 heteroatoms. The Morgan fingerprint density at radius 1 is 0.545 bits per heavy atom. The third-order valence-corrected chi connectivity index (χ3v) is 26.0. The number of hydrogen-bond donors (Lipinski definition) is 0. The average molecular weight is 719 g/mol. The van der Waals surface area contributed by atoms with E-state index in [0.717, 1.165) is 11.1 Å². The topological polar surface area (TPSA) is 9.23 Å². The first-order valence-electron chi connectivity index (χ1n) is 14.6. The summed E-state index contributed by atoms with van der Waals surface area (Å²) in [5.74, 6) is -2.13. The second-order valence-corrected chi connectivity index (χ2v) is 26.1. The molecule has 0 saturated carbocycles. The molecule has 3 aliphatic rings. The van der Waals surface area contributed by atoms with Gasteiger partial charge in [-0.15, -0.1) is 0 Å². The predicted octanol–water partition coefficient (Wildman–Crippen LogP) is 7.45. The third kappa shape index (κ3) is 3.84. The monoisotopic (exact) mass is 718 g/mol. The van der Waals surface area contributed by atoms with Crippen LogP contribution in [0, 0.1) is 0 Å². The molecule has 0 amide bonds. The molecule has 0 N–H and O–H groups in total. The predicted molar refractivity (Wildman–Crippen MR) is 165 cm³/mol. The van der Waals surface area contributed by atoms with Crippen molar-refractivity contribution in [1.82, 2.24) is 0 Å². The van der Waals surface area contributed by atoms with Gasteiger partial charge in [0.2, 0.25) is 0 Å². The quantitative estimate of drug-likeness (QED) is 0.155. The van der Waals surface area contributed by atoms with E-state index < -0.39 is 52.5 Å². The zero-order chi connectivity index (χ0) is 32.2. The molecule has 7 rings (SSSR count). The summed E-state index contributed by atoms with van der Waals surface area (Å²) < 4.78 is 102. The fourth-order valence-electron chi connectivity index (χ4n) is 7.29. The van der Waals surface area contributed by atoms with Gasteiger partial charge in [0.25, 0.3) is 0 Å². The molecule has 3 aliphatic heterocycles. The van der Waals surface area contributed by atoms with Gasteiger partial charge in [-0.25, -0.2) is 0 Å². The molecule has 232 valence electrons. The molecule has 0 fully saturated rings. The summed E-state index contributed by atoms with van der Waals surface area (Å²) in [5.41, 5.74) is -3.72. The van der Waals surface area contributed by atoms with Crippen LogP contribution in [0.1, 0.15) is 69.7 Å². The fourth-order valence-corrected chi connectivity index (χ4v) is 26.2. The normalized spacial score (nSPS) is 21.1. The Kier molecular flexibility index (Phi) is 6.66. The maximum absolute atomic E-state index is 15.6. The molecule has 0 aliphatic carbocycles. The van der Waals surface area contributed by atoms with E-state index in [1.165, 1.54) is 24.3 Å². The molecular weight excluding hydrogens is 684 g/mol. The molecule has 2 bridgehead atoms. The minimum atomic E-state index is -6.61. The van der Waals surface area contributed by atoms with Crippen LogP contribution in [0.2, 0.25) is 0 Å². The maximum atomic E-state index is 15.6. The van der Waals surface area contributed by atoms with E-state index in [1.54, 1.807) is 48.5 Å². The van der Waals surface area contributed by atoms with Crippen LogP contribution in [0.5, 0.6) is 0 Å². The van der Waals surface area contributed by atoms with Crippen molar-refractivity contribution in [3.8, 4) is 0 Å². The van der Waals surface area contributed by atoms with Crippen molar-refractivity contribution in [3.05, 3.63) is 119 Å². The van der Waals surface area contributed by atoms with Crippen LogP contribution in [0.4, 0.5) is 26.3 Å². The summed E-state index contributed by atoms with van der Waals surface area (Å²) in [6, 6.07) is 27.0. The van der Waals surface area contributed by atoms with E-state index in [0.29, 0.717) is 14.0 Å². The molecule has 0 spiro atoms. The second-order valence-electron chi connectivity index (χ2n) is 14.0. The van der Waals surface area contributed by atoms with E-state index in [9.17, 15) is 0 Å². The van der Waals surface area contributed by atoms with Gasteiger partial charge in [-0.3, -0.25) is 0 Å². The molecule has 3 heterocycles. The van der Waals surface area contributed by atoms with Gasteiger partial charge in [0.1, 0.15) is 0 Å². The zero-order valence-electron chi connectivity index (χ0n) is 25.4. The summed E-state index contributed by atoms with van der Waals surface area (Å²) in [6.07, 6.45) is -11.6. The summed E-state index contributed by atoms with van der Waals surface area (Å²) in [4.78, 5) is 0. The Bertz CT molecular complexity index is 1650. The summed E-state index contributed by atoms with van der Waals surface area (Å²) >= 11 is -6.61. The van der Waals surface area contributed by atoms with Crippen LogP contribution in [0.25, 0.3) is 0 Å². The van der Waals surface area contributed by atoms with Gasteiger partial charge in [-0.2, -0.15) is 0 Å². The SMILES string of the molecule is CC(C)(C)c1ccc[c]([Sb]23([c]4cccc(C(C)(C)C)c4)[O]C(C(F)(F)F)(C(F)(F)F)C(c4cccc[c]42)c2cccc[c]23)c1. The molecular formula is C36H35F6OSb. The average Bonchev–Trinajstić information content (AvgIpc) is 2.95. The van der Waals surface area contributed by atoms with Crippen LogP contribution in [-0.4, -0.2) is 35.8 Å². The van der Waals surface area contributed by atoms with Gasteiger partial charge in [-0.05, 0) is 0 Å². The van der Waals surface area contributed by atoms with Crippen LogP contribution < -0.4 is 14.0 Å². The van der Waals surface area contributed by atoms with E-state index in [-0.39, 0.29) is 11.1 Å². The van der Waals surface area contributed by atoms with Gasteiger partial charge in [0.15, 0.2) is 0 Å². The van der Waals surface area contributed by atoms with Gasteiger partial charge in [0, 0.05) is 0 Å². The van der Waals surface area contributed by atoms with E-state index >= 15 is 26.3 Å². The Balaban J connectivity index is 1.98. The summed E-state index contributed by atoms with van der Waals surface area (Å²) in [5, 5.41) is 0. The fraction of sp³-hybridized carbons (Fsp3) is 0.333. The van der Waals surface area contributed by atoms with Crippen LogP contribution in [0.15, 0.2) is 97.1 Å². The van der Waals surface area contributed by atoms with E-state index in [4.69, 9.17) is 3.02 Å². The number of benzene rings is 4.